The number of nitrogen functional groups attached to an aromatic ring is 1. The molecule has 1 aromatic heterocycles. The van der Waals surface area contributed by atoms with Crippen LogP contribution in [-0.4, -0.2) is 30.8 Å². The maximum absolute atomic E-state index is 12.2. The van der Waals surface area contributed by atoms with Gasteiger partial charge in [-0.25, -0.2) is 8.42 Å². The lowest BCUT2D eigenvalue weighted by atomic mass is 10.3. The molecule has 1 heterocycles. The maximum Gasteiger partial charge on any atom is 0.246 e. The number of sulfonamides is 1. The van der Waals surface area contributed by atoms with Crippen molar-refractivity contribution in [1.29, 1.82) is 5.26 Å². The predicted molar refractivity (Wildman–Crippen MR) is 63.3 cm³/mol. The zero-order valence-corrected chi connectivity index (χ0v) is 10.5. The monoisotopic (exact) mass is 254 g/mol. The molecule has 1 rings (SSSR count). The number of hydrogen-bond donors (Lipinski definition) is 1. The lowest BCUT2D eigenvalue weighted by Gasteiger charge is -2.22. The van der Waals surface area contributed by atoms with E-state index in [0.717, 1.165) is 4.31 Å². The van der Waals surface area contributed by atoms with Gasteiger partial charge in [0.05, 0.1) is 18.2 Å². The second kappa shape index (κ2) is 5.12. The average Bonchev–Trinajstić information content (AvgIpc) is 2.28. The van der Waals surface area contributed by atoms with Gasteiger partial charge in [0.2, 0.25) is 10.0 Å². The second-order valence-corrected chi connectivity index (χ2v) is 5.61. The number of anilines is 1. The highest BCUT2D eigenvalue weighted by Crippen LogP contribution is 2.21. The molecule has 1 aromatic rings. The summed E-state index contributed by atoms with van der Waals surface area (Å²) in [5, 5.41) is 8.57. The summed E-state index contributed by atoms with van der Waals surface area (Å²) >= 11 is 0. The van der Waals surface area contributed by atoms with Gasteiger partial charge in [0.1, 0.15) is 4.90 Å². The van der Waals surface area contributed by atoms with E-state index >= 15 is 0 Å². The molecule has 6 nitrogen and oxygen atoms in total. The minimum absolute atomic E-state index is 0.0349. The molecule has 7 heteroatoms. The first-order valence-electron chi connectivity index (χ1n) is 4.95. The van der Waals surface area contributed by atoms with E-state index in [-0.39, 0.29) is 17.0 Å². The minimum Gasteiger partial charge on any atom is -0.398 e. The number of nitriles is 1. The van der Waals surface area contributed by atoms with E-state index in [4.69, 9.17) is 11.0 Å². The average molecular weight is 254 g/mol. The summed E-state index contributed by atoms with van der Waals surface area (Å²) < 4.78 is 25.5. The van der Waals surface area contributed by atoms with E-state index in [0.29, 0.717) is 0 Å². The first kappa shape index (κ1) is 13.4. The Morgan fingerprint density at radius 3 is 2.82 bits per heavy atom. The van der Waals surface area contributed by atoms with Crippen LogP contribution in [0.2, 0.25) is 0 Å². The van der Waals surface area contributed by atoms with Crippen LogP contribution in [0.15, 0.2) is 23.4 Å². The summed E-state index contributed by atoms with van der Waals surface area (Å²) in [7, 11) is -2.28. The predicted octanol–water partition coefficient (Wildman–Crippen LogP) is 0.586. The fourth-order valence-electron chi connectivity index (χ4n) is 1.26. The van der Waals surface area contributed by atoms with Crippen LogP contribution < -0.4 is 5.73 Å². The van der Waals surface area contributed by atoms with Gasteiger partial charge in [0.25, 0.3) is 0 Å². The summed E-state index contributed by atoms with van der Waals surface area (Å²) in [4.78, 5) is 3.71. The smallest absolute Gasteiger partial charge is 0.246 e. The normalized spacial score (nSPS) is 13.3. The summed E-state index contributed by atoms with van der Waals surface area (Å²) in [5.41, 5.74) is 5.76. The minimum atomic E-state index is -3.70. The van der Waals surface area contributed by atoms with Crippen LogP contribution >= 0.6 is 0 Å². The largest absolute Gasteiger partial charge is 0.398 e. The summed E-state index contributed by atoms with van der Waals surface area (Å²) in [6.07, 6.45) is 2.75. The molecule has 0 bridgehead atoms. The molecule has 17 heavy (non-hydrogen) atoms. The molecule has 0 aliphatic rings. The van der Waals surface area contributed by atoms with Crippen molar-refractivity contribution in [2.24, 2.45) is 0 Å². The van der Waals surface area contributed by atoms with Crippen molar-refractivity contribution in [3.05, 3.63) is 18.5 Å². The third-order valence-corrected chi connectivity index (χ3v) is 4.50. The van der Waals surface area contributed by atoms with Crippen molar-refractivity contribution < 1.29 is 8.42 Å². The first-order chi connectivity index (χ1) is 7.91. The standard InChI is InChI=1S/C10H14N4O2S/c1-8(3-5-11)14(2)17(15,16)10-7-13-6-4-9(10)12/h4,6-8H,3H2,1-2H3,(H2,12,13). The molecule has 0 saturated heterocycles. The van der Waals surface area contributed by atoms with Gasteiger partial charge in [-0.1, -0.05) is 0 Å². The van der Waals surface area contributed by atoms with Crippen LogP contribution in [0.4, 0.5) is 5.69 Å². The Bertz CT molecular complexity index is 535. The van der Waals surface area contributed by atoms with Crippen LogP contribution in [-0.2, 0) is 10.0 Å². The quantitative estimate of drug-likeness (QED) is 0.847. The molecule has 1 unspecified atom stereocenters. The molecule has 0 amide bonds. The molecule has 0 aliphatic heterocycles. The summed E-state index contributed by atoms with van der Waals surface area (Å²) in [6, 6.07) is 2.95. The number of nitrogens with two attached hydrogens (primary N) is 1. The Morgan fingerprint density at radius 2 is 2.29 bits per heavy atom. The highest BCUT2D eigenvalue weighted by atomic mass is 32.2. The van der Waals surface area contributed by atoms with Crippen LogP contribution in [0, 0.1) is 11.3 Å². The van der Waals surface area contributed by atoms with Gasteiger partial charge in [-0.3, -0.25) is 4.98 Å². The molecule has 0 saturated carbocycles. The van der Waals surface area contributed by atoms with Crippen LogP contribution in [0.3, 0.4) is 0 Å². The molecule has 2 N–H and O–H groups in total. The van der Waals surface area contributed by atoms with E-state index in [9.17, 15) is 8.42 Å². The van der Waals surface area contributed by atoms with Gasteiger partial charge in [0, 0.05) is 25.5 Å². The van der Waals surface area contributed by atoms with Crippen molar-refractivity contribution in [1.82, 2.24) is 9.29 Å². The Labute approximate surface area is 101 Å². The van der Waals surface area contributed by atoms with E-state index in [1.54, 1.807) is 6.92 Å². The molecule has 0 fully saturated rings. The Kier molecular flexibility index (Phi) is 4.04. The van der Waals surface area contributed by atoms with Gasteiger partial charge < -0.3 is 5.73 Å². The zero-order chi connectivity index (χ0) is 13.1. The number of hydrogen-bond acceptors (Lipinski definition) is 5. The Morgan fingerprint density at radius 1 is 1.65 bits per heavy atom. The molecule has 0 spiro atoms. The van der Waals surface area contributed by atoms with Crippen LogP contribution in [0.25, 0.3) is 0 Å². The van der Waals surface area contributed by atoms with Gasteiger partial charge in [-0.15, -0.1) is 0 Å². The van der Waals surface area contributed by atoms with Crippen molar-refractivity contribution in [2.75, 3.05) is 12.8 Å². The van der Waals surface area contributed by atoms with E-state index in [1.165, 1.54) is 25.5 Å². The molecule has 1 atom stereocenters. The number of nitrogens with zero attached hydrogens (tertiary/aromatic N) is 3. The number of pyridine rings is 1. The Hall–Kier alpha value is -1.65. The van der Waals surface area contributed by atoms with E-state index < -0.39 is 16.1 Å². The van der Waals surface area contributed by atoms with Crippen LogP contribution in [0.5, 0.6) is 0 Å². The fraction of sp³-hybridized carbons (Fsp3) is 0.400. The SMILES string of the molecule is CC(CC#N)N(C)S(=O)(=O)c1cnccc1N. The number of rotatable bonds is 4. The van der Waals surface area contributed by atoms with E-state index in [1.807, 2.05) is 6.07 Å². The third kappa shape index (κ3) is 2.72. The lowest BCUT2D eigenvalue weighted by molar-refractivity contribution is 0.393. The fourth-order valence-corrected chi connectivity index (χ4v) is 2.68. The topological polar surface area (TPSA) is 100 Å². The number of aromatic nitrogens is 1. The third-order valence-electron chi connectivity index (χ3n) is 2.48. The van der Waals surface area contributed by atoms with Gasteiger partial charge in [-0.2, -0.15) is 9.57 Å². The van der Waals surface area contributed by atoms with Crippen LogP contribution in [0.1, 0.15) is 13.3 Å². The highest BCUT2D eigenvalue weighted by Gasteiger charge is 2.27. The molecule has 0 radical (unpaired) electrons. The summed E-state index contributed by atoms with van der Waals surface area (Å²) in [5.74, 6) is 0. The molecular formula is C10H14N4O2S. The van der Waals surface area contributed by atoms with Gasteiger partial charge in [-0.05, 0) is 13.0 Å². The van der Waals surface area contributed by atoms with Crippen molar-refractivity contribution in [3.8, 4) is 6.07 Å². The molecule has 0 aromatic carbocycles. The van der Waals surface area contributed by atoms with Crippen molar-refractivity contribution in [2.45, 2.75) is 24.3 Å². The Balaban J connectivity index is 3.13. The summed E-state index contributed by atoms with van der Waals surface area (Å²) in [6.45, 7) is 1.66. The first-order valence-corrected chi connectivity index (χ1v) is 6.39. The highest BCUT2D eigenvalue weighted by molar-refractivity contribution is 7.89. The molecular weight excluding hydrogens is 240 g/mol. The van der Waals surface area contributed by atoms with E-state index in [2.05, 4.69) is 4.98 Å². The van der Waals surface area contributed by atoms with Crippen molar-refractivity contribution >= 4 is 15.7 Å². The second-order valence-electron chi connectivity index (χ2n) is 3.65. The van der Waals surface area contributed by atoms with Crippen molar-refractivity contribution in [3.63, 3.8) is 0 Å². The molecule has 92 valence electrons. The zero-order valence-electron chi connectivity index (χ0n) is 9.66. The van der Waals surface area contributed by atoms with Gasteiger partial charge >= 0.3 is 0 Å². The van der Waals surface area contributed by atoms with Gasteiger partial charge in [0.15, 0.2) is 0 Å². The maximum atomic E-state index is 12.2. The molecule has 0 aliphatic carbocycles. The lowest BCUT2D eigenvalue weighted by Crippen LogP contribution is -2.35.